The zero-order chi connectivity index (χ0) is 27.1. The average molecular weight is 530 g/mol. The standard InChI is InChI=1S/C19H36O5.C3H8NO6P/c1-3-5-7-9-11-13-18(21)23-16-17(15-20)24-19(22)14-12-10-8-6-4-2;4-2(3(5)6)1-10-11(7,8)9/h17,20H,3-16H2,1-2H3;2H,1,4H2,(H,5,6)(H2,7,8,9). The smallest absolute Gasteiger partial charge is 0.469 e. The number of carbonyl (C=O) groups is 3. The van der Waals surface area contributed by atoms with Crippen LogP contribution in [0.4, 0.5) is 0 Å². The fourth-order valence-electron chi connectivity index (χ4n) is 2.62. The number of phosphoric acid groups is 1. The van der Waals surface area contributed by atoms with E-state index in [-0.39, 0.29) is 25.2 Å². The number of hydrogen-bond acceptors (Lipinski definition) is 9. The van der Waals surface area contributed by atoms with Gasteiger partial charge in [-0.15, -0.1) is 0 Å². The number of carboxylic acid groups (broad SMARTS) is 1. The third-order valence-electron chi connectivity index (χ3n) is 4.64. The molecule has 208 valence electrons. The van der Waals surface area contributed by atoms with Gasteiger partial charge >= 0.3 is 25.7 Å². The van der Waals surface area contributed by atoms with Crippen molar-refractivity contribution in [3.63, 3.8) is 0 Å². The van der Waals surface area contributed by atoms with Crippen LogP contribution >= 0.6 is 7.82 Å². The van der Waals surface area contributed by atoms with Gasteiger partial charge in [0.05, 0.1) is 13.2 Å². The van der Waals surface area contributed by atoms with E-state index < -0.39 is 32.5 Å². The molecule has 13 heteroatoms. The summed E-state index contributed by atoms with van der Waals surface area (Å²) in [5.41, 5.74) is 4.86. The lowest BCUT2D eigenvalue weighted by Crippen LogP contribution is -2.34. The third-order valence-corrected chi connectivity index (χ3v) is 5.13. The van der Waals surface area contributed by atoms with Crippen molar-refractivity contribution >= 4 is 25.7 Å². The molecule has 2 atom stereocenters. The highest BCUT2D eigenvalue weighted by molar-refractivity contribution is 7.46. The second kappa shape index (κ2) is 22.9. The third kappa shape index (κ3) is 26.9. The number of rotatable bonds is 20. The van der Waals surface area contributed by atoms with E-state index in [1.165, 1.54) is 25.7 Å². The second-order valence-electron chi connectivity index (χ2n) is 8.04. The average Bonchev–Trinajstić information content (AvgIpc) is 2.79. The van der Waals surface area contributed by atoms with Crippen molar-refractivity contribution in [1.82, 2.24) is 0 Å². The van der Waals surface area contributed by atoms with Crippen molar-refractivity contribution in [2.24, 2.45) is 5.73 Å². The maximum Gasteiger partial charge on any atom is 0.469 e. The molecular formula is C22H44NO11P. The van der Waals surface area contributed by atoms with E-state index >= 15 is 0 Å². The van der Waals surface area contributed by atoms with Crippen LogP contribution in [0.3, 0.4) is 0 Å². The Bertz CT molecular complexity index is 612. The van der Waals surface area contributed by atoms with Crippen LogP contribution in [-0.2, 0) is 32.9 Å². The number of ether oxygens (including phenoxy) is 2. The predicted octanol–water partition coefficient (Wildman–Crippen LogP) is 2.66. The van der Waals surface area contributed by atoms with Crippen molar-refractivity contribution in [2.75, 3.05) is 19.8 Å². The van der Waals surface area contributed by atoms with Gasteiger partial charge in [0, 0.05) is 12.8 Å². The molecule has 0 heterocycles. The summed E-state index contributed by atoms with van der Waals surface area (Å²) in [5, 5.41) is 17.4. The number of aliphatic hydroxyl groups is 1. The molecule has 0 amide bonds. The van der Waals surface area contributed by atoms with Gasteiger partial charge < -0.3 is 35.2 Å². The fraction of sp³-hybridized carbons (Fsp3) is 0.864. The first kappa shape index (κ1) is 35.6. The van der Waals surface area contributed by atoms with Gasteiger partial charge in [-0.1, -0.05) is 65.2 Å². The number of aliphatic hydroxyl groups excluding tert-OH is 1. The quantitative estimate of drug-likeness (QED) is 0.0877. The second-order valence-corrected chi connectivity index (χ2v) is 9.28. The molecule has 0 bridgehead atoms. The highest BCUT2D eigenvalue weighted by Crippen LogP contribution is 2.35. The summed E-state index contributed by atoms with van der Waals surface area (Å²) in [6.07, 6.45) is 10.6. The number of esters is 2. The van der Waals surface area contributed by atoms with Gasteiger partial charge in [0.2, 0.25) is 0 Å². The molecule has 6 N–H and O–H groups in total. The Balaban J connectivity index is 0. The van der Waals surface area contributed by atoms with Crippen molar-refractivity contribution in [3.8, 4) is 0 Å². The van der Waals surface area contributed by atoms with Gasteiger partial charge in [-0.25, -0.2) is 4.57 Å². The van der Waals surface area contributed by atoms with Crippen LogP contribution < -0.4 is 5.73 Å². The molecule has 0 saturated carbocycles. The zero-order valence-electron chi connectivity index (χ0n) is 20.9. The Morgan fingerprint density at radius 3 is 1.74 bits per heavy atom. The first-order valence-electron chi connectivity index (χ1n) is 12.1. The van der Waals surface area contributed by atoms with Crippen LogP contribution in [0.25, 0.3) is 0 Å². The van der Waals surface area contributed by atoms with E-state index in [4.69, 9.17) is 30.1 Å². The van der Waals surface area contributed by atoms with Crippen LogP contribution in [0.5, 0.6) is 0 Å². The molecule has 0 saturated heterocycles. The minimum Gasteiger partial charge on any atom is -0.480 e. The van der Waals surface area contributed by atoms with Gasteiger partial charge in [-0.05, 0) is 12.8 Å². The van der Waals surface area contributed by atoms with Crippen LogP contribution in [-0.4, -0.2) is 69.9 Å². The van der Waals surface area contributed by atoms with E-state index in [9.17, 15) is 24.1 Å². The molecule has 12 nitrogen and oxygen atoms in total. The van der Waals surface area contributed by atoms with E-state index in [1.807, 2.05) is 0 Å². The molecule has 0 aromatic rings. The van der Waals surface area contributed by atoms with E-state index in [0.29, 0.717) is 12.8 Å². The largest absolute Gasteiger partial charge is 0.480 e. The van der Waals surface area contributed by atoms with E-state index in [1.54, 1.807) is 0 Å². The Morgan fingerprint density at radius 1 is 0.829 bits per heavy atom. The number of aliphatic carboxylic acids is 1. The summed E-state index contributed by atoms with van der Waals surface area (Å²) in [7, 11) is -4.60. The van der Waals surface area contributed by atoms with Gasteiger partial charge in [0.1, 0.15) is 12.6 Å². The summed E-state index contributed by atoms with van der Waals surface area (Å²) < 4.78 is 24.0. The SMILES string of the molecule is CCCCCCCC(=O)OCC(CO)OC(=O)CCCCCCC.NC(COP(=O)(O)O)C(=O)O. The molecule has 0 aliphatic carbocycles. The van der Waals surface area contributed by atoms with Crippen molar-refractivity contribution in [3.05, 3.63) is 0 Å². The van der Waals surface area contributed by atoms with Crippen LogP contribution in [0, 0.1) is 0 Å². The molecule has 0 radical (unpaired) electrons. The maximum atomic E-state index is 11.7. The maximum absolute atomic E-state index is 11.7. The van der Waals surface area contributed by atoms with Crippen LogP contribution in [0.1, 0.15) is 90.9 Å². The Morgan fingerprint density at radius 2 is 1.31 bits per heavy atom. The number of unbranched alkanes of at least 4 members (excludes halogenated alkanes) is 8. The zero-order valence-corrected chi connectivity index (χ0v) is 21.8. The van der Waals surface area contributed by atoms with Gasteiger partial charge in [0.25, 0.3) is 0 Å². The number of nitrogens with two attached hydrogens (primary N) is 1. The lowest BCUT2D eigenvalue weighted by Gasteiger charge is -2.15. The van der Waals surface area contributed by atoms with Crippen molar-refractivity contribution < 1.29 is 52.9 Å². The topological polar surface area (TPSA) is 203 Å². The van der Waals surface area contributed by atoms with Gasteiger partial charge in [-0.2, -0.15) is 0 Å². The van der Waals surface area contributed by atoms with Crippen molar-refractivity contribution in [1.29, 1.82) is 0 Å². The first-order chi connectivity index (χ1) is 16.5. The Hall–Kier alpha value is -1.56. The molecule has 35 heavy (non-hydrogen) atoms. The summed E-state index contributed by atoms with van der Waals surface area (Å²) >= 11 is 0. The summed E-state index contributed by atoms with van der Waals surface area (Å²) in [6.45, 7) is 3.19. The number of hydrogen-bond donors (Lipinski definition) is 5. The first-order valence-corrected chi connectivity index (χ1v) is 13.6. The minimum atomic E-state index is -4.60. The monoisotopic (exact) mass is 529 g/mol. The lowest BCUT2D eigenvalue weighted by molar-refractivity contribution is -0.161. The summed E-state index contributed by atoms with van der Waals surface area (Å²) in [6, 6.07) is -1.41. The molecule has 0 aliphatic rings. The van der Waals surface area contributed by atoms with Crippen LogP contribution in [0.15, 0.2) is 0 Å². The Labute approximate surface area is 207 Å². The fourth-order valence-corrected chi connectivity index (χ4v) is 2.98. The highest BCUT2D eigenvalue weighted by atomic mass is 31.2. The molecule has 0 aromatic carbocycles. The van der Waals surface area contributed by atoms with Crippen molar-refractivity contribution in [2.45, 2.75) is 103 Å². The predicted molar refractivity (Wildman–Crippen MR) is 128 cm³/mol. The number of phosphoric ester groups is 1. The number of carbonyl (C=O) groups excluding carboxylic acids is 2. The van der Waals surface area contributed by atoms with E-state index in [2.05, 4.69) is 18.4 Å². The van der Waals surface area contributed by atoms with E-state index in [0.717, 1.165) is 38.5 Å². The number of carboxylic acids is 1. The molecule has 0 fully saturated rings. The highest BCUT2D eigenvalue weighted by Gasteiger charge is 2.19. The van der Waals surface area contributed by atoms with Gasteiger partial charge in [0.15, 0.2) is 6.10 Å². The molecule has 0 spiro atoms. The van der Waals surface area contributed by atoms with Crippen LogP contribution in [0.2, 0.25) is 0 Å². The Kier molecular flexibility index (Phi) is 23.3. The lowest BCUT2D eigenvalue weighted by atomic mass is 10.1. The minimum absolute atomic E-state index is 0.0636. The molecule has 0 aliphatic heterocycles. The summed E-state index contributed by atoms with van der Waals surface area (Å²) in [5.74, 6) is -2.00. The van der Waals surface area contributed by atoms with Gasteiger partial charge in [-0.3, -0.25) is 18.9 Å². The molecular weight excluding hydrogens is 485 g/mol. The molecule has 0 rings (SSSR count). The molecule has 2 unspecified atom stereocenters. The normalized spacial score (nSPS) is 12.7. The summed E-state index contributed by atoms with van der Waals surface area (Å²) in [4.78, 5) is 49.4. The molecule has 0 aromatic heterocycles.